The van der Waals surface area contributed by atoms with Crippen LogP contribution in [0.1, 0.15) is 31.2 Å². The number of hydrogen-bond donors (Lipinski definition) is 0. The van der Waals surface area contributed by atoms with Crippen molar-refractivity contribution < 1.29 is 9.59 Å². The fourth-order valence-electron chi connectivity index (χ4n) is 2.19. The summed E-state index contributed by atoms with van der Waals surface area (Å²) in [5.74, 6) is 0.0455. The van der Waals surface area contributed by atoms with Gasteiger partial charge in [-0.05, 0) is 17.7 Å². The second-order valence-electron chi connectivity index (χ2n) is 4.33. The average molecular weight is 237 g/mol. The van der Waals surface area contributed by atoms with Crippen LogP contribution in [0, 0.1) is 5.92 Å². The third-order valence-electron chi connectivity index (χ3n) is 3.23. The number of ketones is 2. The lowest BCUT2D eigenvalue weighted by atomic mass is 9.75. The molecule has 0 bridgehead atoms. The quantitative estimate of drug-likeness (QED) is 0.703. The highest BCUT2D eigenvalue weighted by atomic mass is 35.5. The second kappa shape index (κ2) is 4.38. The molecule has 2 nitrogen and oxygen atoms in total. The molecule has 16 heavy (non-hydrogen) atoms. The van der Waals surface area contributed by atoms with Crippen molar-refractivity contribution in [2.45, 2.75) is 25.7 Å². The molecule has 3 heteroatoms. The maximum Gasteiger partial charge on any atom is 0.143 e. The van der Waals surface area contributed by atoms with Crippen molar-refractivity contribution in [3.63, 3.8) is 0 Å². The molecule has 0 radical (unpaired) electrons. The monoisotopic (exact) mass is 236 g/mol. The Balaban J connectivity index is 2.28. The highest BCUT2D eigenvalue weighted by Crippen LogP contribution is 2.34. The van der Waals surface area contributed by atoms with Crippen molar-refractivity contribution in [2.75, 3.05) is 0 Å². The summed E-state index contributed by atoms with van der Waals surface area (Å²) in [6.07, 6.45) is 0.569. The maximum atomic E-state index is 11.6. The molecule has 1 aromatic carbocycles. The van der Waals surface area contributed by atoms with E-state index in [4.69, 9.17) is 11.6 Å². The van der Waals surface area contributed by atoms with Crippen LogP contribution in [0.15, 0.2) is 24.3 Å². The molecular formula is C13H13ClO2. The second-order valence-corrected chi connectivity index (χ2v) is 4.77. The molecule has 0 N–H and O–H groups in total. The maximum absolute atomic E-state index is 11.6. The van der Waals surface area contributed by atoms with Gasteiger partial charge in [-0.3, -0.25) is 9.59 Å². The molecular weight excluding hydrogens is 224 g/mol. The first kappa shape index (κ1) is 11.3. The first-order valence-corrected chi connectivity index (χ1v) is 5.75. The van der Waals surface area contributed by atoms with Gasteiger partial charge < -0.3 is 0 Å². The van der Waals surface area contributed by atoms with Crippen LogP contribution in [0.3, 0.4) is 0 Å². The van der Waals surface area contributed by atoms with Gasteiger partial charge in [-0.15, -0.1) is 0 Å². The van der Waals surface area contributed by atoms with Crippen LogP contribution < -0.4 is 0 Å². The van der Waals surface area contributed by atoms with Crippen molar-refractivity contribution in [3.05, 3.63) is 34.9 Å². The Kier molecular flexibility index (Phi) is 3.10. The SMILES string of the molecule is CC1C(=O)CC(=O)CC1c1ccc(Cl)cc1. The van der Waals surface area contributed by atoms with E-state index >= 15 is 0 Å². The minimum atomic E-state index is -0.0705. The summed E-state index contributed by atoms with van der Waals surface area (Å²) in [7, 11) is 0. The molecule has 1 fully saturated rings. The minimum Gasteiger partial charge on any atom is -0.299 e. The van der Waals surface area contributed by atoms with Crippen molar-refractivity contribution in [2.24, 2.45) is 5.92 Å². The zero-order chi connectivity index (χ0) is 11.7. The van der Waals surface area contributed by atoms with Gasteiger partial charge in [0.05, 0.1) is 6.42 Å². The molecule has 0 spiro atoms. The summed E-state index contributed by atoms with van der Waals surface area (Å²) in [6, 6.07) is 7.39. The highest BCUT2D eigenvalue weighted by molar-refractivity contribution is 6.30. The van der Waals surface area contributed by atoms with Crippen LogP contribution in [-0.2, 0) is 9.59 Å². The first-order valence-electron chi connectivity index (χ1n) is 5.38. The highest BCUT2D eigenvalue weighted by Gasteiger charge is 2.33. The van der Waals surface area contributed by atoms with E-state index in [-0.39, 0.29) is 29.8 Å². The summed E-state index contributed by atoms with van der Waals surface area (Å²) >= 11 is 5.81. The Labute approximate surface area is 99.6 Å². The molecule has 0 heterocycles. The number of halogens is 1. The largest absolute Gasteiger partial charge is 0.299 e. The van der Waals surface area contributed by atoms with Gasteiger partial charge in [0.15, 0.2) is 0 Å². The molecule has 0 aromatic heterocycles. The Bertz CT molecular complexity index is 422. The molecule has 2 rings (SSSR count). The Morgan fingerprint density at radius 3 is 2.44 bits per heavy atom. The van der Waals surface area contributed by atoms with E-state index in [0.29, 0.717) is 11.4 Å². The molecule has 84 valence electrons. The molecule has 2 unspecified atom stereocenters. The number of rotatable bonds is 1. The smallest absolute Gasteiger partial charge is 0.143 e. The van der Waals surface area contributed by atoms with Gasteiger partial charge in [0.25, 0.3) is 0 Å². The van der Waals surface area contributed by atoms with Crippen LogP contribution in [0.5, 0.6) is 0 Å². The van der Waals surface area contributed by atoms with Gasteiger partial charge in [0.1, 0.15) is 11.6 Å². The van der Waals surface area contributed by atoms with E-state index in [0.717, 1.165) is 5.56 Å². The summed E-state index contributed by atoms with van der Waals surface area (Å²) in [5.41, 5.74) is 1.03. The van der Waals surface area contributed by atoms with E-state index in [1.165, 1.54) is 0 Å². The molecule has 2 atom stereocenters. The van der Waals surface area contributed by atoms with Crippen molar-refractivity contribution in [1.29, 1.82) is 0 Å². The van der Waals surface area contributed by atoms with Gasteiger partial charge in [0, 0.05) is 23.3 Å². The molecule has 1 saturated carbocycles. The van der Waals surface area contributed by atoms with Gasteiger partial charge in [-0.1, -0.05) is 30.7 Å². The van der Waals surface area contributed by atoms with E-state index in [1.807, 2.05) is 19.1 Å². The van der Waals surface area contributed by atoms with Crippen LogP contribution >= 0.6 is 11.6 Å². The van der Waals surface area contributed by atoms with Gasteiger partial charge >= 0.3 is 0 Å². The number of benzene rings is 1. The molecule has 1 aromatic rings. The van der Waals surface area contributed by atoms with Crippen molar-refractivity contribution in [1.82, 2.24) is 0 Å². The molecule has 1 aliphatic carbocycles. The van der Waals surface area contributed by atoms with Crippen LogP contribution in [0.4, 0.5) is 0 Å². The van der Waals surface area contributed by atoms with Gasteiger partial charge in [0.2, 0.25) is 0 Å². The van der Waals surface area contributed by atoms with E-state index < -0.39 is 0 Å². The lowest BCUT2D eigenvalue weighted by Gasteiger charge is -2.27. The number of carbonyl (C=O) groups excluding carboxylic acids is 2. The topological polar surface area (TPSA) is 34.1 Å². The average Bonchev–Trinajstić information content (AvgIpc) is 2.25. The number of carbonyl (C=O) groups is 2. The molecule has 1 aliphatic rings. The number of Topliss-reactive ketones (excluding diaryl/α,β-unsaturated/α-hetero) is 2. The lowest BCUT2D eigenvalue weighted by molar-refractivity contribution is -0.133. The summed E-state index contributed by atoms with van der Waals surface area (Å²) in [5, 5.41) is 0.671. The zero-order valence-electron chi connectivity index (χ0n) is 9.07. The molecule has 0 saturated heterocycles. The summed E-state index contributed by atoms with van der Waals surface area (Å²) in [4.78, 5) is 23.0. The Morgan fingerprint density at radius 1 is 1.19 bits per heavy atom. The minimum absolute atomic E-state index is 0.0195. The third kappa shape index (κ3) is 2.17. The summed E-state index contributed by atoms with van der Waals surface area (Å²) < 4.78 is 0. The lowest BCUT2D eigenvalue weighted by Crippen LogP contribution is -2.29. The Hall–Kier alpha value is -1.15. The molecule has 0 aliphatic heterocycles. The normalized spacial score (nSPS) is 25.9. The standard InChI is InChI=1S/C13H13ClO2/c1-8-12(6-11(15)7-13(8)16)9-2-4-10(14)5-3-9/h2-5,8,12H,6-7H2,1H3. The van der Waals surface area contributed by atoms with E-state index in [2.05, 4.69) is 0 Å². The summed E-state index contributed by atoms with van der Waals surface area (Å²) in [6.45, 7) is 1.90. The predicted molar refractivity (Wildman–Crippen MR) is 62.6 cm³/mol. The van der Waals surface area contributed by atoms with Crippen LogP contribution in [-0.4, -0.2) is 11.6 Å². The first-order chi connectivity index (χ1) is 7.58. The van der Waals surface area contributed by atoms with Crippen LogP contribution in [0.2, 0.25) is 5.02 Å². The van der Waals surface area contributed by atoms with Gasteiger partial charge in [-0.25, -0.2) is 0 Å². The van der Waals surface area contributed by atoms with E-state index in [9.17, 15) is 9.59 Å². The van der Waals surface area contributed by atoms with Crippen LogP contribution in [0.25, 0.3) is 0 Å². The fourth-order valence-corrected chi connectivity index (χ4v) is 2.32. The molecule has 0 amide bonds. The van der Waals surface area contributed by atoms with Crippen molar-refractivity contribution in [3.8, 4) is 0 Å². The van der Waals surface area contributed by atoms with E-state index in [1.54, 1.807) is 12.1 Å². The third-order valence-corrected chi connectivity index (χ3v) is 3.48. The zero-order valence-corrected chi connectivity index (χ0v) is 9.83. The Morgan fingerprint density at radius 2 is 1.81 bits per heavy atom. The predicted octanol–water partition coefficient (Wildman–Crippen LogP) is 2.99. The van der Waals surface area contributed by atoms with Crippen molar-refractivity contribution >= 4 is 23.2 Å². The van der Waals surface area contributed by atoms with Gasteiger partial charge in [-0.2, -0.15) is 0 Å². The fraction of sp³-hybridized carbons (Fsp3) is 0.385. The number of hydrogen-bond acceptors (Lipinski definition) is 2.